The number of nitrogens with zero attached hydrogens (tertiary/aromatic N) is 2. The van der Waals surface area contributed by atoms with Crippen molar-refractivity contribution in [2.75, 3.05) is 6.61 Å². The van der Waals surface area contributed by atoms with Crippen molar-refractivity contribution >= 4 is 27.5 Å². The number of hydrogen-bond acceptors (Lipinski definition) is 3. The Morgan fingerprint density at radius 3 is 2.92 bits per heavy atom. The Bertz CT molecular complexity index is 1000. The Balaban J connectivity index is 2.11. The smallest absolute Gasteiger partial charge is 0.279 e. The largest absolute Gasteiger partial charge is 0.494 e. The van der Waals surface area contributed by atoms with Crippen LogP contribution in [0, 0.1) is 5.82 Å². The molecular formula is C19H17FN2O2S. The molecule has 0 N–H and O–H groups in total. The fraction of sp³-hybridized carbons (Fsp3) is 0.158. The molecule has 0 atom stereocenters. The van der Waals surface area contributed by atoms with Gasteiger partial charge in [0.1, 0.15) is 11.6 Å². The Kier molecular flexibility index (Phi) is 5.09. The van der Waals surface area contributed by atoms with E-state index in [2.05, 4.69) is 11.6 Å². The molecule has 1 amide bonds. The first-order valence-electron chi connectivity index (χ1n) is 7.84. The van der Waals surface area contributed by atoms with Gasteiger partial charge in [0.25, 0.3) is 5.91 Å². The lowest BCUT2D eigenvalue weighted by Gasteiger charge is -2.04. The minimum atomic E-state index is -0.478. The van der Waals surface area contributed by atoms with Crippen molar-refractivity contribution in [1.82, 2.24) is 4.57 Å². The zero-order valence-electron chi connectivity index (χ0n) is 13.7. The second-order valence-electron chi connectivity index (χ2n) is 5.27. The highest BCUT2D eigenvalue weighted by molar-refractivity contribution is 7.16. The molecule has 6 heteroatoms. The van der Waals surface area contributed by atoms with Gasteiger partial charge in [-0.25, -0.2) is 4.39 Å². The summed E-state index contributed by atoms with van der Waals surface area (Å²) in [6.45, 7) is 6.79. The molecule has 0 bridgehead atoms. The summed E-state index contributed by atoms with van der Waals surface area (Å²) >= 11 is 1.39. The molecule has 0 aliphatic carbocycles. The summed E-state index contributed by atoms with van der Waals surface area (Å²) in [5, 5.41) is 0. The lowest BCUT2D eigenvalue weighted by atomic mass is 10.2. The van der Waals surface area contributed by atoms with Crippen LogP contribution in [0.25, 0.3) is 10.2 Å². The number of carbonyl (C=O) groups excluding carboxylic acids is 1. The molecule has 0 unspecified atom stereocenters. The Hall–Kier alpha value is -2.73. The van der Waals surface area contributed by atoms with Gasteiger partial charge in [-0.3, -0.25) is 4.79 Å². The number of ether oxygens (including phenoxy) is 1. The number of halogens is 1. The molecule has 0 aliphatic heterocycles. The van der Waals surface area contributed by atoms with Crippen LogP contribution in [0.4, 0.5) is 4.39 Å². The van der Waals surface area contributed by atoms with E-state index >= 15 is 0 Å². The molecule has 2 aromatic carbocycles. The molecule has 25 heavy (non-hydrogen) atoms. The second kappa shape index (κ2) is 7.44. The molecule has 0 saturated heterocycles. The summed E-state index contributed by atoms with van der Waals surface area (Å²) in [5.41, 5.74) is 1.16. The van der Waals surface area contributed by atoms with Crippen LogP contribution in [0.3, 0.4) is 0 Å². The monoisotopic (exact) mass is 356 g/mol. The quantitative estimate of drug-likeness (QED) is 0.644. The fourth-order valence-corrected chi connectivity index (χ4v) is 3.54. The number of rotatable bonds is 5. The first kappa shape index (κ1) is 17.1. The van der Waals surface area contributed by atoms with E-state index in [1.807, 2.05) is 29.7 Å². The number of amides is 1. The van der Waals surface area contributed by atoms with Crippen LogP contribution in [0.15, 0.2) is 60.1 Å². The minimum Gasteiger partial charge on any atom is -0.494 e. The Morgan fingerprint density at radius 1 is 1.36 bits per heavy atom. The summed E-state index contributed by atoms with van der Waals surface area (Å²) in [4.78, 5) is 17.1. The van der Waals surface area contributed by atoms with Crippen LogP contribution in [0.2, 0.25) is 0 Å². The van der Waals surface area contributed by atoms with Crippen molar-refractivity contribution in [3.05, 3.63) is 71.3 Å². The molecule has 0 aliphatic rings. The molecule has 128 valence electrons. The highest BCUT2D eigenvalue weighted by Gasteiger charge is 2.10. The third kappa shape index (κ3) is 3.69. The summed E-state index contributed by atoms with van der Waals surface area (Å²) in [6, 6.07) is 11.3. The molecular weight excluding hydrogens is 339 g/mol. The average molecular weight is 356 g/mol. The van der Waals surface area contributed by atoms with E-state index in [9.17, 15) is 9.18 Å². The zero-order chi connectivity index (χ0) is 17.8. The van der Waals surface area contributed by atoms with Gasteiger partial charge in [0.05, 0.1) is 16.8 Å². The van der Waals surface area contributed by atoms with Crippen molar-refractivity contribution < 1.29 is 13.9 Å². The molecule has 4 nitrogen and oxygen atoms in total. The lowest BCUT2D eigenvalue weighted by Crippen LogP contribution is -2.16. The lowest BCUT2D eigenvalue weighted by molar-refractivity contribution is 0.0997. The highest BCUT2D eigenvalue weighted by atomic mass is 32.1. The van der Waals surface area contributed by atoms with Gasteiger partial charge in [-0.1, -0.05) is 23.5 Å². The van der Waals surface area contributed by atoms with Crippen molar-refractivity contribution in [3.8, 4) is 5.75 Å². The SMILES string of the molecule is C=CCn1c(=NC(=O)c2cccc(F)c2)sc2cc(OCC)ccc21. The Labute approximate surface area is 148 Å². The third-order valence-electron chi connectivity index (χ3n) is 3.55. The molecule has 3 aromatic rings. The van der Waals surface area contributed by atoms with Crippen molar-refractivity contribution in [2.24, 2.45) is 4.99 Å². The predicted octanol–water partition coefficient (Wildman–Crippen LogP) is 4.17. The third-order valence-corrected chi connectivity index (χ3v) is 4.59. The molecule has 0 radical (unpaired) electrons. The maximum absolute atomic E-state index is 13.3. The molecule has 0 fully saturated rings. The van der Waals surface area contributed by atoms with Gasteiger partial charge < -0.3 is 9.30 Å². The minimum absolute atomic E-state index is 0.220. The standard InChI is InChI=1S/C19H17FN2O2S/c1-3-10-22-16-9-8-15(24-4-2)12-17(16)25-19(22)21-18(23)13-6-5-7-14(20)11-13/h3,5-9,11-12H,1,4,10H2,2H3. The van der Waals surface area contributed by atoms with Gasteiger partial charge in [-0.15, -0.1) is 6.58 Å². The van der Waals surface area contributed by atoms with Gasteiger partial charge in [0.2, 0.25) is 0 Å². The van der Waals surface area contributed by atoms with E-state index in [4.69, 9.17) is 4.74 Å². The van der Waals surface area contributed by atoms with E-state index in [1.165, 1.54) is 29.5 Å². The van der Waals surface area contributed by atoms with Gasteiger partial charge in [0.15, 0.2) is 4.80 Å². The average Bonchev–Trinajstić information content (AvgIpc) is 2.92. The number of hydrogen-bond donors (Lipinski definition) is 0. The summed E-state index contributed by atoms with van der Waals surface area (Å²) < 4.78 is 21.7. The van der Waals surface area contributed by atoms with Crippen LogP contribution < -0.4 is 9.54 Å². The number of allylic oxidation sites excluding steroid dienone is 1. The van der Waals surface area contributed by atoms with E-state index in [0.29, 0.717) is 18.0 Å². The second-order valence-corrected chi connectivity index (χ2v) is 6.28. The maximum Gasteiger partial charge on any atom is 0.279 e. The number of carbonyl (C=O) groups is 1. The highest BCUT2D eigenvalue weighted by Crippen LogP contribution is 2.23. The van der Waals surface area contributed by atoms with Gasteiger partial charge in [-0.05, 0) is 43.3 Å². The molecule has 0 saturated carbocycles. The summed E-state index contributed by atoms with van der Waals surface area (Å²) in [7, 11) is 0. The molecule has 1 aromatic heterocycles. The number of thiazole rings is 1. The van der Waals surface area contributed by atoms with Crippen LogP contribution in [0.1, 0.15) is 17.3 Å². The van der Waals surface area contributed by atoms with E-state index in [0.717, 1.165) is 16.0 Å². The zero-order valence-corrected chi connectivity index (χ0v) is 14.6. The number of fused-ring (bicyclic) bond motifs is 1. The van der Waals surface area contributed by atoms with Crippen LogP contribution in [-0.4, -0.2) is 17.1 Å². The van der Waals surface area contributed by atoms with Gasteiger partial charge >= 0.3 is 0 Å². The number of benzene rings is 2. The summed E-state index contributed by atoms with van der Waals surface area (Å²) in [6.07, 6.45) is 1.74. The normalized spacial score (nSPS) is 11.7. The maximum atomic E-state index is 13.3. The first-order chi connectivity index (χ1) is 12.1. The Morgan fingerprint density at radius 2 is 2.20 bits per heavy atom. The van der Waals surface area contributed by atoms with E-state index in [-0.39, 0.29) is 5.56 Å². The van der Waals surface area contributed by atoms with Gasteiger partial charge in [0, 0.05) is 12.1 Å². The van der Waals surface area contributed by atoms with Crippen LogP contribution >= 0.6 is 11.3 Å². The number of aromatic nitrogens is 1. The molecule has 0 spiro atoms. The predicted molar refractivity (Wildman–Crippen MR) is 97.5 cm³/mol. The van der Waals surface area contributed by atoms with E-state index in [1.54, 1.807) is 12.1 Å². The molecule has 1 heterocycles. The van der Waals surface area contributed by atoms with Crippen molar-refractivity contribution in [2.45, 2.75) is 13.5 Å². The fourth-order valence-electron chi connectivity index (χ4n) is 2.47. The van der Waals surface area contributed by atoms with Crippen molar-refractivity contribution in [3.63, 3.8) is 0 Å². The van der Waals surface area contributed by atoms with Crippen molar-refractivity contribution in [1.29, 1.82) is 0 Å². The van der Waals surface area contributed by atoms with E-state index < -0.39 is 11.7 Å². The van der Waals surface area contributed by atoms with Crippen LogP contribution in [-0.2, 0) is 6.54 Å². The van der Waals surface area contributed by atoms with Crippen LogP contribution in [0.5, 0.6) is 5.75 Å². The van der Waals surface area contributed by atoms with Gasteiger partial charge in [-0.2, -0.15) is 4.99 Å². The first-order valence-corrected chi connectivity index (χ1v) is 8.65. The summed E-state index contributed by atoms with van der Waals surface area (Å²) in [5.74, 6) is -0.170. The topological polar surface area (TPSA) is 43.6 Å². The molecule has 3 rings (SSSR count).